The van der Waals surface area contributed by atoms with Crippen molar-refractivity contribution in [3.8, 4) is 0 Å². The maximum atomic E-state index is 12.9. The van der Waals surface area contributed by atoms with Crippen molar-refractivity contribution in [2.45, 2.75) is 16.6 Å². The van der Waals surface area contributed by atoms with E-state index in [2.05, 4.69) is 31.0 Å². The number of tetrazole rings is 1. The van der Waals surface area contributed by atoms with E-state index in [4.69, 9.17) is 10.6 Å². The van der Waals surface area contributed by atoms with Gasteiger partial charge in [0.2, 0.25) is 5.16 Å². The van der Waals surface area contributed by atoms with Gasteiger partial charge in [-0.1, -0.05) is 16.9 Å². The number of carbonyl (C=O) groups excluding carboxylic acids is 2. The van der Waals surface area contributed by atoms with E-state index in [1.54, 1.807) is 12.4 Å². The quantitative estimate of drug-likeness (QED) is 0.172. The lowest BCUT2D eigenvalue weighted by Crippen LogP contribution is -2.71. The molecule has 1 unspecified atom stereocenters. The fraction of sp³-hybridized carbons (Fsp3) is 0.375. The molecule has 174 valence electrons. The highest BCUT2D eigenvalue weighted by molar-refractivity contribution is 8.01. The number of thiazole rings is 1. The SMILES string of the molecule is CO/N=C(\C(=O)N[C@@H]1C(=O)N2C(C(=O)O)=C(CSc3nnnn3C)CSC12)c1csc(N)n1. The molecule has 0 spiro atoms. The number of carboxylic acid groups (broad SMARTS) is 1. The van der Waals surface area contributed by atoms with Gasteiger partial charge in [-0.15, -0.1) is 28.2 Å². The van der Waals surface area contributed by atoms with Crippen LogP contribution in [0.4, 0.5) is 5.13 Å². The molecule has 17 heteroatoms. The van der Waals surface area contributed by atoms with Crippen molar-refractivity contribution in [2.75, 3.05) is 24.3 Å². The first kappa shape index (κ1) is 23.0. The maximum Gasteiger partial charge on any atom is 0.352 e. The van der Waals surface area contributed by atoms with Crippen LogP contribution in [0.25, 0.3) is 0 Å². The van der Waals surface area contributed by atoms with Gasteiger partial charge in [0.1, 0.15) is 29.9 Å². The highest BCUT2D eigenvalue weighted by Gasteiger charge is 2.54. The number of oxime groups is 1. The van der Waals surface area contributed by atoms with E-state index in [0.717, 1.165) is 11.3 Å². The number of hydrogen-bond donors (Lipinski definition) is 3. The lowest BCUT2D eigenvalue weighted by molar-refractivity contribution is -0.150. The van der Waals surface area contributed by atoms with Gasteiger partial charge in [-0.05, 0) is 16.0 Å². The van der Waals surface area contributed by atoms with E-state index in [9.17, 15) is 19.5 Å². The average molecular weight is 512 g/mol. The molecule has 33 heavy (non-hydrogen) atoms. The molecular weight excluding hydrogens is 494 g/mol. The number of hydrogen-bond acceptors (Lipinski definition) is 13. The first-order valence-corrected chi connectivity index (χ1v) is 12.1. The summed E-state index contributed by atoms with van der Waals surface area (Å²) in [6, 6.07) is -0.924. The highest BCUT2D eigenvalue weighted by atomic mass is 32.2. The number of nitrogens with two attached hydrogens (primary N) is 1. The summed E-state index contributed by atoms with van der Waals surface area (Å²) in [5.74, 6) is -1.77. The number of nitrogen functional groups attached to an aromatic ring is 1. The predicted molar refractivity (Wildman–Crippen MR) is 119 cm³/mol. The molecule has 1 saturated heterocycles. The number of anilines is 1. The Morgan fingerprint density at radius 3 is 2.88 bits per heavy atom. The highest BCUT2D eigenvalue weighted by Crippen LogP contribution is 2.41. The molecule has 0 bridgehead atoms. The van der Waals surface area contributed by atoms with E-state index in [1.807, 2.05) is 0 Å². The largest absolute Gasteiger partial charge is 0.477 e. The third-order valence-electron chi connectivity index (χ3n) is 4.66. The van der Waals surface area contributed by atoms with Gasteiger partial charge in [0.25, 0.3) is 11.8 Å². The number of nitrogens with zero attached hydrogens (tertiary/aromatic N) is 7. The summed E-state index contributed by atoms with van der Waals surface area (Å²) >= 11 is 3.75. The van der Waals surface area contributed by atoms with Gasteiger partial charge in [0.15, 0.2) is 10.8 Å². The monoisotopic (exact) mass is 511 g/mol. The molecule has 0 aliphatic carbocycles. The summed E-state index contributed by atoms with van der Waals surface area (Å²) in [5.41, 5.74) is 6.17. The summed E-state index contributed by atoms with van der Waals surface area (Å²) in [6.07, 6.45) is 0. The molecule has 2 aromatic heterocycles. The van der Waals surface area contributed by atoms with Crippen molar-refractivity contribution >= 4 is 63.5 Å². The summed E-state index contributed by atoms with van der Waals surface area (Å²) in [6.45, 7) is 0. The Bertz CT molecular complexity index is 1180. The topological polar surface area (TPSA) is 191 Å². The normalized spacial score (nSPS) is 20.4. The molecule has 2 aliphatic heterocycles. The van der Waals surface area contributed by atoms with Crippen LogP contribution in [-0.4, -0.2) is 88.7 Å². The molecular formula is C16H17N9O5S3. The van der Waals surface area contributed by atoms with E-state index in [0.29, 0.717) is 22.2 Å². The zero-order valence-electron chi connectivity index (χ0n) is 17.2. The van der Waals surface area contributed by atoms with Gasteiger partial charge >= 0.3 is 5.97 Å². The third-order valence-corrected chi connectivity index (χ3v) is 7.77. The second-order valence-corrected chi connectivity index (χ2v) is 9.62. The fourth-order valence-corrected chi connectivity index (χ4v) is 6.07. The molecule has 0 radical (unpaired) electrons. The Morgan fingerprint density at radius 1 is 1.48 bits per heavy atom. The Kier molecular flexibility index (Phi) is 6.52. The van der Waals surface area contributed by atoms with E-state index >= 15 is 0 Å². The Labute approximate surface area is 198 Å². The number of amides is 2. The van der Waals surface area contributed by atoms with Crippen molar-refractivity contribution in [1.82, 2.24) is 35.4 Å². The first-order valence-electron chi connectivity index (χ1n) is 9.20. The fourth-order valence-electron chi connectivity index (χ4n) is 3.19. The number of carbonyl (C=O) groups is 3. The molecule has 2 aromatic rings. The second kappa shape index (κ2) is 9.36. The molecule has 2 atom stereocenters. The van der Waals surface area contributed by atoms with Crippen molar-refractivity contribution < 1.29 is 24.3 Å². The number of aliphatic carboxylic acids is 1. The number of aromatic nitrogens is 5. The maximum absolute atomic E-state index is 12.9. The number of rotatable bonds is 8. The predicted octanol–water partition coefficient (Wildman–Crippen LogP) is -0.870. The number of thioether (sulfide) groups is 2. The molecule has 4 heterocycles. The van der Waals surface area contributed by atoms with Crippen LogP contribution in [0.2, 0.25) is 0 Å². The number of aryl methyl sites for hydroxylation is 1. The van der Waals surface area contributed by atoms with Crippen molar-refractivity contribution in [3.63, 3.8) is 0 Å². The number of nitrogens with one attached hydrogen (secondary N) is 1. The molecule has 14 nitrogen and oxygen atoms in total. The van der Waals surface area contributed by atoms with Crippen molar-refractivity contribution in [3.05, 3.63) is 22.3 Å². The van der Waals surface area contributed by atoms with Crippen molar-refractivity contribution in [1.29, 1.82) is 0 Å². The lowest BCUT2D eigenvalue weighted by Gasteiger charge is -2.49. The van der Waals surface area contributed by atoms with E-state index in [1.165, 1.54) is 40.2 Å². The Hall–Kier alpha value is -3.18. The van der Waals surface area contributed by atoms with Gasteiger partial charge < -0.3 is 21.0 Å². The number of carboxylic acids is 1. The Balaban J connectivity index is 1.49. The third kappa shape index (κ3) is 4.38. The summed E-state index contributed by atoms with van der Waals surface area (Å²) in [4.78, 5) is 47.6. The molecule has 2 aliphatic rings. The molecule has 2 amide bonds. The van der Waals surface area contributed by atoms with Gasteiger partial charge in [0, 0.05) is 23.9 Å². The number of fused-ring (bicyclic) bond motifs is 1. The minimum atomic E-state index is -1.22. The molecule has 1 fully saturated rings. The summed E-state index contributed by atoms with van der Waals surface area (Å²) in [7, 11) is 2.95. The van der Waals surface area contributed by atoms with Crippen LogP contribution in [0.1, 0.15) is 5.69 Å². The van der Waals surface area contributed by atoms with Gasteiger partial charge in [0.05, 0.1) is 0 Å². The van der Waals surface area contributed by atoms with E-state index in [-0.39, 0.29) is 22.2 Å². The van der Waals surface area contributed by atoms with Crippen LogP contribution in [0.15, 0.2) is 27.0 Å². The molecule has 4 rings (SSSR count). The lowest BCUT2D eigenvalue weighted by atomic mass is 10.0. The summed E-state index contributed by atoms with van der Waals surface area (Å²) in [5, 5.41) is 29.0. The van der Waals surface area contributed by atoms with Gasteiger partial charge in [-0.3, -0.25) is 14.5 Å². The van der Waals surface area contributed by atoms with Crippen LogP contribution in [0, 0.1) is 0 Å². The molecule has 0 aromatic carbocycles. The molecule has 0 saturated carbocycles. The van der Waals surface area contributed by atoms with Crippen LogP contribution < -0.4 is 11.1 Å². The van der Waals surface area contributed by atoms with Gasteiger partial charge in [-0.25, -0.2) is 14.5 Å². The smallest absolute Gasteiger partial charge is 0.352 e. The average Bonchev–Trinajstić information content (AvgIpc) is 3.40. The van der Waals surface area contributed by atoms with Crippen LogP contribution in [0.5, 0.6) is 0 Å². The number of β-lactam (4-membered cyclic amide) rings is 1. The Morgan fingerprint density at radius 2 is 2.27 bits per heavy atom. The first-order chi connectivity index (χ1) is 15.8. The summed E-state index contributed by atoms with van der Waals surface area (Å²) < 4.78 is 1.47. The second-order valence-electron chi connectivity index (χ2n) is 6.69. The zero-order valence-corrected chi connectivity index (χ0v) is 19.6. The van der Waals surface area contributed by atoms with Crippen LogP contribution >= 0.6 is 34.9 Å². The van der Waals surface area contributed by atoms with E-state index < -0.39 is 29.2 Å². The van der Waals surface area contributed by atoms with Crippen LogP contribution in [0.3, 0.4) is 0 Å². The zero-order chi connectivity index (χ0) is 23.7. The van der Waals surface area contributed by atoms with Gasteiger partial charge in [-0.2, -0.15) is 0 Å². The standard InChI is InChI=1S/C16H17N9O5S3/c1-24-16(20-22-23-24)33-4-6-3-31-13-9(12(27)25(13)10(6)14(28)29)19-11(26)8(21-30-2)7-5-32-15(17)18-7/h5,9,13H,3-4H2,1-2H3,(H2,17,18)(H,19,26)(H,28,29)/b21-8-/t9-,13?/m1/s1. The minimum absolute atomic E-state index is 0.0880. The van der Waals surface area contributed by atoms with Crippen LogP contribution in [-0.2, 0) is 26.3 Å². The minimum Gasteiger partial charge on any atom is -0.477 e. The van der Waals surface area contributed by atoms with Crippen molar-refractivity contribution in [2.24, 2.45) is 12.2 Å². The molecule has 4 N–H and O–H groups in total.